The summed E-state index contributed by atoms with van der Waals surface area (Å²) in [6.07, 6.45) is 5.49. The van der Waals surface area contributed by atoms with Gasteiger partial charge in [-0.15, -0.1) is 0 Å². The molecule has 0 spiro atoms. The maximum absolute atomic E-state index is 13.2. The second-order valence-electron chi connectivity index (χ2n) is 8.29. The lowest BCUT2D eigenvalue weighted by molar-refractivity contribution is -0.136. The highest BCUT2D eigenvalue weighted by Crippen LogP contribution is 2.23. The predicted molar refractivity (Wildman–Crippen MR) is 110 cm³/mol. The van der Waals surface area contributed by atoms with Crippen molar-refractivity contribution >= 4 is 5.91 Å². The monoisotopic (exact) mass is 372 g/mol. The van der Waals surface area contributed by atoms with E-state index >= 15 is 0 Å². The van der Waals surface area contributed by atoms with Gasteiger partial charge >= 0.3 is 0 Å². The van der Waals surface area contributed by atoms with Gasteiger partial charge in [0.1, 0.15) is 0 Å². The van der Waals surface area contributed by atoms with Crippen LogP contribution >= 0.6 is 0 Å². The lowest BCUT2D eigenvalue weighted by atomic mass is 9.89. The van der Waals surface area contributed by atoms with Crippen molar-refractivity contribution in [3.05, 3.63) is 35.9 Å². The van der Waals surface area contributed by atoms with Crippen LogP contribution in [0.3, 0.4) is 0 Å². The van der Waals surface area contributed by atoms with Crippen LogP contribution in [0.4, 0.5) is 0 Å². The molecule has 3 unspecified atom stereocenters. The number of carbonyl (C=O) groups excluding carboxylic acids is 1. The van der Waals surface area contributed by atoms with Crippen LogP contribution < -0.4 is 16.2 Å². The number of amides is 1. The maximum Gasteiger partial charge on any atom is 0.239 e. The molecule has 2 heterocycles. The minimum atomic E-state index is -0.0666. The van der Waals surface area contributed by atoms with Gasteiger partial charge in [-0.1, -0.05) is 50.6 Å². The Bertz CT molecular complexity index is 565. The van der Waals surface area contributed by atoms with E-state index in [1.807, 2.05) is 0 Å². The van der Waals surface area contributed by atoms with Crippen LogP contribution in [-0.2, 0) is 11.2 Å². The Morgan fingerprint density at radius 3 is 2.59 bits per heavy atom. The molecule has 2 aliphatic rings. The first-order chi connectivity index (χ1) is 13.2. The molecular weight excluding hydrogens is 336 g/mol. The average Bonchev–Trinajstić information content (AvgIpc) is 3.22. The van der Waals surface area contributed by atoms with Crippen LogP contribution in [0.25, 0.3) is 0 Å². The van der Waals surface area contributed by atoms with Crippen molar-refractivity contribution in [1.82, 2.24) is 21.1 Å². The first kappa shape index (κ1) is 20.3. The van der Waals surface area contributed by atoms with E-state index in [9.17, 15) is 4.79 Å². The van der Waals surface area contributed by atoms with E-state index in [2.05, 4.69) is 65.2 Å². The Balaban J connectivity index is 1.50. The van der Waals surface area contributed by atoms with Crippen molar-refractivity contribution in [3.8, 4) is 0 Å². The number of likely N-dealkylation sites (tertiary alicyclic amines) is 1. The number of carbonyl (C=O) groups is 1. The predicted octanol–water partition coefficient (Wildman–Crippen LogP) is 2.34. The number of nitrogens with zero attached hydrogens (tertiary/aromatic N) is 1. The van der Waals surface area contributed by atoms with E-state index in [-0.39, 0.29) is 6.04 Å². The quantitative estimate of drug-likeness (QED) is 0.656. The van der Waals surface area contributed by atoms with Crippen molar-refractivity contribution in [2.24, 2.45) is 11.8 Å². The third kappa shape index (κ3) is 5.77. The molecule has 27 heavy (non-hydrogen) atoms. The fourth-order valence-electron chi connectivity index (χ4n) is 4.23. The fourth-order valence-corrected chi connectivity index (χ4v) is 4.23. The zero-order chi connectivity index (χ0) is 19.1. The summed E-state index contributed by atoms with van der Waals surface area (Å²) in [6.45, 7) is 8.01. The Morgan fingerprint density at radius 2 is 1.96 bits per heavy atom. The first-order valence-corrected chi connectivity index (χ1v) is 10.7. The topological polar surface area (TPSA) is 56.4 Å². The van der Waals surface area contributed by atoms with E-state index < -0.39 is 0 Å². The summed E-state index contributed by atoms with van der Waals surface area (Å²) >= 11 is 0. The number of hydrogen-bond donors (Lipinski definition) is 3. The van der Waals surface area contributed by atoms with Crippen molar-refractivity contribution in [2.45, 2.75) is 58.0 Å². The summed E-state index contributed by atoms with van der Waals surface area (Å²) in [5.74, 6) is 1.35. The standard InChI is InChI=1S/C22H36N4O/c1-3-17(2)21(23-16-20-9-12-24-25-20)22(27)26-13-10-19(11-14-26)15-18-7-5-4-6-8-18/h4-8,17,19-21,23-25H,3,9-16H2,1-2H3. The molecule has 5 heteroatoms. The van der Waals surface area contributed by atoms with Crippen LogP contribution in [0, 0.1) is 11.8 Å². The normalized spacial score (nSPS) is 23.3. The number of piperidine rings is 1. The van der Waals surface area contributed by atoms with Crippen molar-refractivity contribution < 1.29 is 4.79 Å². The molecule has 3 rings (SSSR count). The number of rotatable bonds is 8. The van der Waals surface area contributed by atoms with Gasteiger partial charge in [-0.25, -0.2) is 0 Å². The highest BCUT2D eigenvalue weighted by molar-refractivity contribution is 5.82. The van der Waals surface area contributed by atoms with E-state index in [1.165, 1.54) is 5.56 Å². The molecular formula is C22H36N4O. The van der Waals surface area contributed by atoms with Gasteiger partial charge in [-0.05, 0) is 43.1 Å². The second kappa shape index (κ2) is 10.2. The highest BCUT2D eigenvalue weighted by Gasteiger charge is 2.31. The minimum absolute atomic E-state index is 0.0666. The number of benzene rings is 1. The molecule has 3 N–H and O–H groups in total. The summed E-state index contributed by atoms with van der Waals surface area (Å²) in [6, 6.07) is 11.1. The van der Waals surface area contributed by atoms with E-state index in [4.69, 9.17) is 0 Å². The van der Waals surface area contributed by atoms with Crippen molar-refractivity contribution in [1.29, 1.82) is 0 Å². The minimum Gasteiger partial charge on any atom is -0.341 e. The molecule has 2 fully saturated rings. The molecule has 0 saturated carbocycles. The van der Waals surface area contributed by atoms with Gasteiger partial charge in [-0.2, -0.15) is 0 Å². The van der Waals surface area contributed by atoms with E-state index in [0.29, 0.717) is 23.8 Å². The van der Waals surface area contributed by atoms with Gasteiger partial charge in [0.2, 0.25) is 5.91 Å². The number of hydrogen-bond acceptors (Lipinski definition) is 4. The van der Waals surface area contributed by atoms with Crippen LogP contribution in [0.5, 0.6) is 0 Å². The van der Waals surface area contributed by atoms with Gasteiger partial charge in [0.15, 0.2) is 0 Å². The lowest BCUT2D eigenvalue weighted by Gasteiger charge is -2.36. The number of nitrogens with one attached hydrogen (secondary N) is 3. The molecule has 2 aliphatic heterocycles. The van der Waals surface area contributed by atoms with Gasteiger partial charge in [0, 0.05) is 32.2 Å². The summed E-state index contributed by atoms with van der Waals surface area (Å²) in [4.78, 5) is 15.3. The molecule has 0 aromatic heterocycles. The smallest absolute Gasteiger partial charge is 0.239 e. The highest BCUT2D eigenvalue weighted by atomic mass is 16.2. The molecule has 5 nitrogen and oxygen atoms in total. The zero-order valence-electron chi connectivity index (χ0n) is 16.9. The van der Waals surface area contributed by atoms with Gasteiger partial charge in [0.05, 0.1) is 6.04 Å². The zero-order valence-corrected chi connectivity index (χ0v) is 16.9. The molecule has 2 saturated heterocycles. The van der Waals surface area contributed by atoms with E-state index in [1.54, 1.807) is 0 Å². The Hall–Kier alpha value is -1.43. The molecule has 0 bridgehead atoms. The Kier molecular flexibility index (Phi) is 7.68. The summed E-state index contributed by atoms with van der Waals surface area (Å²) in [5.41, 5.74) is 7.87. The largest absolute Gasteiger partial charge is 0.341 e. The second-order valence-corrected chi connectivity index (χ2v) is 8.29. The lowest BCUT2D eigenvalue weighted by Crippen LogP contribution is -2.54. The fraction of sp³-hybridized carbons (Fsp3) is 0.682. The molecule has 1 aromatic rings. The van der Waals surface area contributed by atoms with Crippen LogP contribution in [0.1, 0.15) is 45.1 Å². The van der Waals surface area contributed by atoms with Gasteiger partial charge in [0.25, 0.3) is 0 Å². The molecule has 3 atom stereocenters. The van der Waals surface area contributed by atoms with Gasteiger partial charge in [-0.3, -0.25) is 15.6 Å². The molecule has 1 aromatic carbocycles. The molecule has 0 aliphatic carbocycles. The van der Waals surface area contributed by atoms with Crippen LogP contribution in [0.2, 0.25) is 0 Å². The van der Waals surface area contributed by atoms with Crippen molar-refractivity contribution in [3.63, 3.8) is 0 Å². The molecule has 150 valence electrons. The third-order valence-electron chi connectivity index (χ3n) is 6.28. The van der Waals surface area contributed by atoms with Gasteiger partial charge < -0.3 is 10.2 Å². The van der Waals surface area contributed by atoms with Crippen LogP contribution in [-0.4, -0.2) is 49.1 Å². The van der Waals surface area contributed by atoms with E-state index in [0.717, 1.165) is 58.3 Å². The SMILES string of the molecule is CCC(C)C(NCC1CCNN1)C(=O)N1CCC(Cc2ccccc2)CC1. The van der Waals surface area contributed by atoms with Crippen molar-refractivity contribution in [2.75, 3.05) is 26.2 Å². The summed E-state index contributed by atoms with van der Waals surface area (Å²) in [7, 11) is 0. The maximum atomic E-state index is 13.2. The molecule has 0 radical (unpaired) electrons. The Labute approximate surface area is 164 Å². The third-order valence-corrected chi connectivity index (χ3v) is 6.28. The summed E-state index contributed by atoms with van der Waals surface area (Å²) < 4.78 is 0. The first-order valence-electron chi connectivity index (χ1n) is 10.7. The number of hydrazine groups is 1. The summed E-state index contributed by atoms with van der Waals surface area (Å²) in [5, 5.41) is 3.57. The van der Waals surface area contributed by atoms with Crippen LogP contribution in [0.15, 0.2) is 30.3 Å². The Morgan fingerprint density at radius 1 is 1.22 bits per heavy atom. The molecule has 1 amide bonds. The average molecular weight is 373 g/mol.